The number of amides is 2. The Kier molecular flexibility index (Phi) is 5.84. The lowest BCUT2D eigenvalue weighted by molar-refractivity contribution is -0.114. The molecule has 140 valence electrons. The van der Waals surface area contributed by atoms with E-state index in [4.69, 9.17) is 27.6 Å². The molecule has 0 saturated heterocycles. The maximum absolute atomic E-state index is 12.3. The number of nitrogens with zero attached hydrogens (tertiary/aromatic N) is 1. The summed E-state index contributed by atoms with van der Waals surface area (Å²) in [5.41, 5.74) is 1.49. The molecule has 2 heterocycles. The average molecular weight is 424 g/mol. The van der Waals surface area contributed by atoms with Crippen molar-refractivity contribution in [1.29, 1.82) is 0 Å². The number of halogens is 2. The zero-order valence-corrected chi connectivity index (χ0v) is 16.8. The molecule has 27 heavy (non-hydrogen) atoms. The molecule has 3 rings (SSSR count). The number of anilines is 1. The van der Waals surface area contributed by atoms with Crippen LogP contribution in [0.2, 0.25) is 10.0 Å². The van der Waals surface area contributed by atoms with Crippen molar-refractivity contribution in [3.63, 3.8) is 0 Å². The average Bonchev–Trinajstić information content (AvgIpc) is 3.18. The number of carbonyl (C=O) groups excluding carboxylic acids is 2. The van der Waals surface area contributed by atoms with Crippen molar-refractivity contribution in [1.82, 2.24) is 10.3 Å². The molecule has 0 spiro atoms. The molecule has 0 atom stereocenters. The molecule has 0 aliphatic heterocycles. The van der Waals surface area contributed by atoms with E-state index in [2.05, 4.69) is 15.6 Å². The number of hydrogen-bond donors (Lipinski definition) is 2. The molecule has 9 heteroatoms. The van der Waals surface area contributed by atoms with Crippen molar-refractivity contribution in [3.8, 4) is 10.6 Å². The Morgan fingerprint density at radius 3 is 2.56 bits per heavy atom. The minimum absolute atomic E-state index is 0.173. The third kappa shape index (κ3) is 4.88. The molecular formula is C18H15Cl2N3O3S. The largest absolute Gasteiger partial charge is 0.450 e. The summed E-state index contributed by atoms with van der Waals surface area (Å²) in [6, 6.07) is 8.37. The Labute approximate surface area is 169 Å². The first-order valence-electron chi connectivity index (χ1n) is 7.90. The monoisotopic (exact) mass is 423 g/mol. The highest BCUT2D eigenvalue weighted by molar-refractivity contribution is 7.19. The zero-order chi connectivity index (χ0) is 19.6. The van der Waals surface area contributed by atoms with Gasteiger partial charge in [0.1, 0.15) is 5.76 Å². The van der Waals surface area contributed by atoms with Crippen LogP contribution in [0.4, 0.5) is 5.13 Å². The molecular weight excluding hydrogens is 409 g/mol. The molecule has 0 aliphatic carbocycles. The fourth-order valence-electron chi connectivity index (χ4n) is 2.39. The fourth-order valence-corrected chi connectivity index (χ4v) is 3.94. The van der Waals surface area contributed by atoms with Crippen LogP contribution < -0.4 is 10.6 Å². The number of aryl methyl sites for hydroxylation is 1. The normalized spacial score (nSPS) is 10.7. The Morgan fingerprint density at radius 1 is 1.19 bits per heavy atom. The van der Waals surface area contributed by atoms with Crippen LogP contribution in [-0.2, 0) is 11.3 Å². The van der Waals surface area contributed by atoms with E-state index in [0.717, 1.165) is 10.4 Å². The predicted molar refractivity (Wildman–Crippen MR) is 106 cm³/mol. The maximum atomic E-state index is 12.3. The third-order valence-corrected chi connectivity index (χ3v) is 5.03. The number of hydrogen-bond acceptors (Lipinski definition) is 5. The van der Waals surface area contributed by atoms with E-state index < -0.39 is 0 Å². The smallest absolute Gasteiger partial charge is 0.287 e. The maximum Gasteiger partial charge on any atom is 0.287 e. The number of rotatable bonds is 5. The fraction of sp³-hybridized carbons (Fsp3) is 0.167. The van der Waals surface area contributed by atoms with Gasteiger partial charge in [0.15, 0.2) is 10.9 Å². The van der Waals surface area contributed by atoms with Crippen LogP contribution in [0.15, 0.2) is 34.7 Å². The molecule has 3 aromatic rings. The van der Waals surface area contributed by atoms with Crippen LogP contribution in [0.25, 0.3) is 10.6 Å². The van der Waals surface area contributed by atoms with Crippen LogP contribution in [-0.4, -0.2) is 16.8 Å². The Hall–Kier alpha value is -2.35. The number of thiazole rings is 1. The molecule has 0 saturated carbocycles. The van der Waals surface area contributed by atoms with E-state index in [-0.39, 0.29) is 24.1 Å². The summed E-state index contributed by atoms with van der Waals surface area (Å²) in [6.07, 6.45) is 0. The molecule has 2 aromatic heterocycles. The lowest BCUT2D eigenvalue weighted by Crippen LogP contribution is -2.22. The highest BCUT2D eigenvalue weighted by Crippen LogP contribution is 2.33. The van der Waals surface area contributed by atoms with Crippen LogP contribution in [0, 0.1) is 6.92 Å². The summed E-state index contributed by atoms with van der Waals surface area (Å²) in [7, 11) is 0. The predicted octanol–water partition coefficient (Wildman–Crippen LogP) is 4.91. The first kappa shape index (κ1) is 19.4. The molecule has 2 N–H and O–H groups in total. The number of furan rings is 1. The minimum Gasteiger partial charge on any atom is -0.450 e. The van der Waals surface area contributed by atoms with Gasteiger partial charge in [-0.3, -0.25) is 9.59 Å². The number of carbonyl (C=O) groups is 2. The zero-order valence-electron chi connectivity index (χ0n) is 14.4. The second-order valence-corrected chi connectivity index (χ2v) is 7.61. The molecule has 0 radical (unpaired) electrons. The summed E-state index contributed by atoms with van der Waals surface area (Å²) in [5, 5.41) is 6.89. The molecule has 0 unspecified atom stereocenters. The van der Waals surface area contributed by atoms with Crippen molar-refractivity contribution in [3.05, 3.63) is 57.4 Å². The highest BCUT2D eigenvalue weighted by Gasteiger charge is 2.17. The van der Waals surface area contributed by atoms with Crippen LogP contribution >= 0.6 is 34.5 Å². The number of nitrogens with one attached hydrogen (secondary N) is 2. The van der Waals surface area contributed by atoms with Crippen molar-refractivity contribution in [2.75, 3.05) is 5.32 Å². The summed E-state index contributed by atoms with van der Waals surface area (Å²) >= 11 is 13.2. The highest BCUT2D eigenvalue weighted by atomic mass is 35.5. The van der Waals surface area contributed by atoms with Crippen molar-refractivity contribution >= 4 is 51.5 Å². The van der Waals surface area contributed by atoms with Gasteiger partial charge in [0.05, 0.1) is 10.6 Å². The second-order valence-electron chi connectivity index (χ2n) is 5.74. The molecule has 1 aromatic carbocycles. The van der Waals surface area contributed by atoms with E-state index in [1.807, 2.05) is 6.92 Å². The van der Waals surface area contributed by atoms with Gasteiger partial charge < -0.3 is 15.1 Å². The van der Waals surface area contributed by atoms with Crippen molar-refractivity contribution < 1.29 is 14.0 Å². The quantitative estimate of drug-likeness (QED) is 0.610. The molecule has 0 fully saturated rings. The summed E-state index contributed by atoms with van der Waals surface area (Å²) in [4.78, 5) is 28.5. The van der Waals surface area contributed by atoms with Crippen LogP contribution in [0.1, 0.15) is 28.7 Å². The van der Waals surface area contributed by atoms with Gasteiger partial charge in [0.25, 0.3) is 5.91 Å². The Morgan fingerprint density at radius 2 is 1.89 bits per heavy atom. The molecule has 0 aliphatic rings. The van der Waals surface area contributed by atoms with E-state index in [9.17, 15) is 9.59 Å². The SMILES string of the molecule is CC(=O)Nc1nc(C)c(-c2ccc(C(=O)NCc3cc(Cl)cc(Cl)c3)o2)s1. The number of benzene rings is 1. The van der Waals surface area contributed by atoms with Gasteiger partial charge in [-0.25, -0.2) is 4.98 Å². The lowest BCUT2D eigenvalue weighted by atomic mass is 10.2. The summed E-state index contributed by atoms with van der Waals surface area (Å²) < 4.78 is 5.66. The van der Waals surface area contributed by atoms with Gasteiger partial charge in [-0.05, 0) is 42.8 Å². The van der Waals surface area contributed by atoms with E-state index in [1.165, 1.54) is 18.3 Å². The topological polar surface area (TPSA) is 84.2 Å². The minimum atomic E-state index is -0.360. The summed E-state index contributed by atoms with van der Waals surface area (Å²) in [5.74, 6) is 0.127. The third-order valence-electron chi connectivity index (χ3n) is 3.51. The summed E-state index contributed by atoms with van der Waals surface area (Å²) in [6.45, 7) is 3.49. The molecule has 2 amide bonds. The van der Waals surface area contributed by atoms with Crippen molar-refractivity contribution in [2.24, 2.45) is 0 Å². The van der Waals surface area contributed by atoms with Gasteiger partial charge in [0.2, 0.25) is 5.91 Å². The first-order valence-corrected chi connectivity index (χ1v) is 9.47. The Bertz CT molecular complexity index is 993. The van der Waals surface area contributed by atoms with Gasteiger partial charge >= 0.3 is 0 Å². The van der Waals surface area contributed by atoms with Gasteiger partial charge in [-0.1, -0.05) is 34.5 Å². The number of aromatic nitrogens is 1. The van der Waals surface area contributed by atoms with E-state index >= 15 is 0 Å². The molecule has 0 bridgehead atoms. The Balaban J connectivity index is 1.70. The van der Waals surface area contributed by atoms with E-state index in [0.29, 0.717) is 26.6 Å². The standard InChI is InChI=1S/C18H15Cl2N3O3S/c1-9-16(27-18(22-9)23-10(2)24)14-3-4-15(26-14)17(25)21-8-11-5-12(19)7-13(20)6-11/h3-7H,8H2,1-2H3,(H,21,25)(H,22,23,24). The van der Waals surface area contributed by atoms with Gasteiger partial charge in [0, 0.05) is 23.5 Å². The van der Waals surface area contributed by atoms with Gasteiger partial charge in [-0.2, -0.15) is 0 Å². The van der Waals surface area contributed by atoms with Crippen molar-refractivity contribution in [2.45, 2.75) is 20.4 Å². The first-order chi connectivity index (χ1) is 12.8. The van der Waals surface area contributed by atoms with Gasteiger partial charge in [-0.15, -0.1) is 0 Å². The lowest BCUT2D eigenvalue weighted by Gasteiger charge is -2.05. The molecule has 6 nitrogen and oxygen atoms in total. The van der Waals surface area contributed by atoms with Crippen LogP contribution in [0.3, 0.4) is 0 Å². The van der Waals surface area contributed by atoms with Crippen LogP contribution in [0.5, 0.6) is 0 Å². The second kappa shape index (κ2) is 8.12. The van der Waals surface area contributed by atoms with E-state index in [1.54, 1.807) is 30.3 Å².